The number of rotatable bonds is 7. The second-order valence-electron chi connectivity index (χ2n) is 5.14. The summed E-state index contributed by atoms with van der Waals surface area (Å²) in [5, 5.41) is 7.56. The molecule has 2 aromatic carbocycles. The lowest BCUT2D eigenvalue weighted by molar-refractivity contribution is 0.315. The molecule has 3 rings (SSSR count). The molecule has 0 bridgehead atoms. The largest absolute Gasteiger partial charge is 0.243 e. The van der Waals surface area contributed by atoms with Crippen molar-refractivity contribution >= 4 is 42.7 Å². The van der Waals surface area contributed by atoms with Gasteiger partial charge in [-0.3, -0.25) is 0 Å². The third-order valence-electron chi connectivity index (χ3n) is 3.37. The zero-order chi connectivity index (χ0) is 18.8. The normalized spacial score (nSPS) is 12.5. The minimum absolute atomic E-state index is 0.0307. The van der Waals surface area contributed by atoms with Crippen LogP contribution in [0.15, 0.2) is 56.9 Å². The number of benzene rings is 2. The van der Waals surface area contributed by atoms with Gasteiger partial charge in [-0.05, 0) is 46.7 Å². The molecule has 0 aliphatic carbocycles. The van der Waals surface area contributed by atoms with E-state index >= 15 is 0 Å². The van der Waals surface area contributed by atoms with E-state index in [0.29, 0.717) is 10.5 Å². The average molecular weight is 417 g/mol. The molecule has 0 amide bonds. The van der Waals surface area contributed by atoms with E-state index in [-0.39, 0.29) is 28.4 Å². The lowest BCUT2D eigenvalue weighted by Gasteiger charge is -2.09. The number of hydrogen-bond acceptors (Lipinski definition) is 7. The Bertz CT molecular complexity index is 1130. The zero-order valence-corrected chi connectivity index (χ0v) is 15.5. The first-order valence-corrected chi connectivity index (χ1v) is 10.6. The smallest absolute Gasteiger partial charge is 0.242 e. The zero-order valence-electron chi connectivity index (χ0n) is 13.1. The molecule has 3 aromatic rings. The van der Waals surface area contributed by atoms with Gasteiger partial charge in [0.2, 0.25) is 20.0 Å². The SMILES string of the molecule is O=S(=O)(NCCNS(=O)(=O)c1cccc2nonc12)c1ccc(Cl)cc1. The van der Waals surface area contributed by atoms with Crippen LogP contribution in [0.25, 0.3) is 11.0 Å². The van der Waals surface area contributed by atoms with Crippen LogP contribution in [0.5, 0.6) is 0 Å². The van der Waals surface area contributed by atoms with Crippen LogP contribution in [-0.4, -0.2) is 40.2 Å². The Morgan fingerprint density at radius 3 is 2.23 bits per heavy atom. The number of halogens is 1. The van der Waals surface area contributed by atoms with Gasteiger partial charge in [0.15, 0.2) is 5.52 Å². The van der Waals surface area contributed by atoms with Crippen LogP contribution >= 0.6 is 11.6 Å². The molecule has 0 unspecified atom stereocenters. The molecule has 26 heavy (non-hydrogen) atoms. The Balaban J connectivity index is 1.64. The van der Waals surface area contributed by atoms with E-state index in [1.807, 2.05) is 0 Å². The summed E-state index contributed by atoms with van der Waals surface area (Å²) in [4.78, 5) is -0.0694. The fourth-order valence-corrected chi connectivity index (χ4v) is 4.48. The highest BCUT2D eigenvalue weighted by Gasteiger charge is 2.20. The number of nitrogens with zero attached hydrogens (tertiary/aromatic N) is 2. The molecule has 12 heteroatoms. The minimum Gasteiger partial charge on any atom is -0.243 e. The van der Waals surface area contributed by atoms with Gasteiger partial charge in [-0.15, -0.1) is 0 Å². The van der Waals surface area contributed by atoms with Crippen molar-refractivity contribution in [3.8, 4) is 0 Å². The molecular weight excluding hydrogens is 404 g/mol. The molecule has 0 spiro atoms. The van der Waals surface area contributed by atoms with Crippen LogP contribution in [0.1, 0.15) is 0 Å². The molecule has 138 valence electrons. The van der Waals surface area contributed by atoms with Crippen LogP contribution < -0.4 is 9.44 Å². The van der Waals surface area contributed by atoms with E-state index in [0.717, 1.165) is 0 Å². The molecular formula is C14H13ClN4O5S2. The highest BCUT2D eigenvalue weighted by molar-refractivity contribution is 7.90. The van der Waals surface area contributed by atoms with Crippen molar-refractivity contribution in [1.82, 2.24) is 19.8 Å². The van der Waals surface area contributed by atoms with E-state index in [2.05, 4.69) is 24.4 Å². The van der Waals surface area contributed by atoms with Crippen molar-refractivity contribution < 1.29 is 21.5 Å². The number of fused-ring (bicyclic) bond motifs is 1. The van der Waals surface area contributed by atoms with Crippen molar-refractivity contribution in [3.05, 3.63) is 47.5 Å². The summed E-state index contributed by atoms with van der Waals surface area (Å²) < 4.78 is 58.1. The molecule has 1 aromatic heterocycles. The van der Waals surface area contributed by atoms with E-state index in [1.165, 1.54) is 36.4 Å². The summed E-state index contributed by atoms with van der Waals surface area (Å²) >= 11 is 5.72. The summed E-state index contributed by atoms with van der Waals surface area (Å²) in [6.45, 7) is -0.298. The molecule has 0 aliphatic heterocycles. The van der Waals surface area contributed by atoms with Crippen molar-refractivity contribution in [1.29, 1.82) is 0 Å². The number of nitrogens with one attached hydrogen (secondary N) is 2. The molecule has 2 N–H and O–H groups in total. The Morgan fingerprint density at radius 1 is 0.885 bits per heavy atom. The van der Waals surface area contributed by atoms with Crippen molar-refractivity contribution in [2.75, 3.05) is 13.1 Å². The second kappa shape index (κ2) is 7.29. The van der Waals surface area contributed by atoms with Crippen molar-refractivity contribution in [2.24, 2.45) is 0 Å². The van der Waals surface area contributed by atoms with Crippen LogP contribution in [0.4, 0.5) is 0 Å². The van der Waals surface area contributed by atoms with Gasteiger partial charge >= 0.3 is 0 Å². The standard InChI is InChI=1S/C14H13ClN4O5S2/c15-10-4-6-11(7-5-10)25(20,21)16-8-9-17-26(22,23)13-3-1-2-12-14(13)19-24-18-12/h1-7,16-17H,8-9H2. The van der Waals surface area contributed by atoms with Crippen molar-refractivity contribution in [2.45, 2.75) is 9.79 Å². The van der Waals surface area contributed by atoms with E-state index in [4.69, 9.17) is 11.6 Å². The summed E-state index contributed by atoms with van der Waals surface area (Å²) in [6, 6.07) is 10.0. The van der Waals surface area contributed by atoms with Gasteiger partial charge in [0, 0.05) is 18.1 Å². The summed E-state index contributed by atoms with van der Waals surface area (Å²) in [5.41, 5.74) is 0.401. The van der Waals surface area contributed by atoms with E-state index in [1.54, 1.807) is 6.07 Å². The molecule has 1 heterocycles. The van der Waals surface area contributed by atoms with Crippen molar-refractivity contribution in [3.63, 3.8) is 0 Å². The van der Waals surface area contributed by atoms with Gasteiger partial charge in [-0.2, -0.15) is 0 Å². The monoisotopic (exact) mass is 416 g/mol. The Morgan fingerprint density at radius 2 is 1.54 bits per heavy atom. The first kappa shape index (κ1) is 18.7. The fourth-order valence-electron chi connectivity index (χ4n) is 2.14. The van der Waals surface area contributed by atoms with Gasteiger partial charge in [0.25, 0.3) is 0 Å². The van der Waals surface area contributed by atoms with Crippen LogP contribution in [-0.2, 0) is 20.0 Å². The second-order valence-corrected chi connectivity index (χ2v) is 9.08. The predicted molar refractivity (Wildman–Crippen MR) is 93.6 cm³/mol. The Hall–Kier alpha value is -2.05. The molecule has 9 nitrogen and oxygen atoms in total. The number of sulfonamides is 2. The Kier molecular flexibility index (Phi) is 5.25. The fraction of sp³-hybridized carbons (Fsp3) is 0.143. The highest BCUT2D eigenvalue weighted by Crippen LogP contribution is 2.19. The maximum absolute atomic E-state index is 12.4. The van der Waals surface area contributed by atoms with E-state index < -0.39 is 20.0 Å². The first-order valence-electron chi connectivity index (χ1n) is 7.26. The number of aromatic nitrogens is 2. The van der Waals surface area contributed by atoms with Gasteiger partial charge < -0.3 is 0 Å². The Labute approximate surface area is 154 Å². The van der Waals surface area contributed by atoms with E-state index in [9.17, 15) is 16.8 Å². The van der Waals surface area contributed by atoms with Gasteiger partial charge in [-0.1, -0.05) is 17.7 Å². The third kappa shape index (κ3) is 4.02. The predicted octanol–water partition coefficient (Wildman–Crippen LogP) is 1.13. The summed E-state index contributed by atoms with van der Waals surface area (Å²) in [5.74, 6) is 0. The maximum atomic E-state index is 12.4. The number of hydrogen-bond donors (Lipinski definition) is 2. The van der Waals surface area contributed by atoms with Crippen LogP contribution in [0.2, 0.25) is 5.02 Å². The highest BCUT2D eigenvalue weighted by atomic mass is 35.5. The lowest BCUT2D eigenvalue weighted by Crippen LogP contribution is -2.34. The molecule has 0 saturated carbocycles. The third-order valence-corrected chi connectivity index (χ3v) is 6.59. The van der Waals surface area contributed by atoms with Crippen LogP contribution in [0.3, 0.4) is 0 Å². The summed E-state index contributed by atoms with van der Waals surface area (Å²) in [7, 11) is -7.68. The summed E-state index contributed by atoms with van der Waals surface area (Å²) in [6.07, 6.45) is 0. The molecule has 0 radical (unpaired) electrons. The van der Waals surface area contributed by atoms with Gasteiger partial charge in [0.1, 0.15) is 10.4 Å². The minimum atomic E-state index is -3.91. The first-order chi connectivity index (χ1) is 12.3. The van der Waals surface area contributed by atoms with Gasteiger partial charge in [-0.25, -0.2) is 30.9 Å². The average Bonchev–Trinajstić information content (AvgIpc) is 3.07. The molecule has 0 aliphatic rings. The maximum Gasteiger partial charge on any atom is 0.242 e. The lowest BCUT2D eigenvalue weighted by atomic mass is 10.3. The molecule has 0 fully saturated rings. The van der Waals surface area contributed by atoms with Crippen LogP contribution in [0, 0.1) is 0 Å². The topological polar surface area (TPSA) is 131 Å². The molecule has 0 saturated heterocycles. The van der Waals surface area contributed by atoms with Gasteiger partial charge in [0.05, 0.1) is 4.90 Å². The molecule has 0 atom stereocenters. The quantitative estimate of drug-likeness (QED) is 0.552.